The molecule has 1 rings (SSSR count). The van der Waals surface area contributed by atoms with Crippen molar-refractivity contribution in [3.63, 3.8) is 0 Å². The second-order valence-electron chi connectivity index (χ2n) is 4.35. The standard InChI is InChI=1S/C12H20N4O4/c1-5-6-13-12-14-9(3)10(16(17)18)11(15-12)20-8(2)7-19-4/h8H,5-7H2,1-4H3,(H,13,14,15). The Labute approximate surface area is 117 Å². The van der Waals surface area contributed by atoms with Crippen LogP contribution in [0.3, 0.4) is 0 Å². The third-order valence-corrected chi connectivity index (χ3v) is 2.46. The predicted molar refractivity (Wildman–Crippen MR) is 74.2 cm³/mol. The van der Waals surface area contributed by atoms with E-state index in [2.05, 4.69) is 15.3 Å². The van der Waals surface area contributed by atoms with Crippen LogP contribution in [0.2, 0.25) is 0 Å². The van der Waals surface area contributed by atoms with Crippen LogP contribution in [0.15, 0.2) is 0 Å². The zero-order valence-electron chi connectivity index (χ0n) is 12.2. The third-order valence-electron chi connectivity index (χ3n) is 2.46. The summed E-state index contributed by atoms with van der Waals surface area (Å²) in [5.41, 5.74) is 0.0539. The number of nitro groups is 1. The van der Waals surface area contributed by atoms with Crippen LogP contribution in [0.1, 0.15) is 26.0 Å². The maximum atomic E-state index is 11.1. The van der Waals surface area contributed by atoms with Gasteiger partial charge in [-0.05, 0) is 20.3 Å². The quantitative estimate of drug-likeness (QED) is 0.575. The fourth-order valence-electron chi connectivity index (χ4n) is 1.61. The molecule has 112 valence electrons. The molecule has 1 atom stereocenters. The Hall–Kier alpha value is -1.96. The molecular weight excluding hydrogens is 264 g/mol. The topological polar surface area (TPSA) is 99.4 Å². The molecule has 0 aliphatic rings. The van der Waals surface area contributed by atoms with Crippen molar-refractivity contribution < 1.29 is 14.4 Å². The molecule has 0 saturated carbocycles. The summed E-state index contributed by atoms with van der Waals surface area (Å²) in [5, 5.41) is 14.1. The van der Waals surface area contributed by atoms with Crippen molar-refractivity contribution in [3.05, 3.63) is 15.8 Å². The normalized spacial score (nSPS) is 12.0. The molecule has 0 spiro atoms. The van der Waals surface area contributed by atoms with Crippen LogP contribution >= 0.6 is 0 Å². The molecule has 0 bridgehead atoms. The highest BCUT2D eigenvalue weighted by molar-refractivity contribution is 5.48. The van der Waals surface area contributed by atoms with Gasteiger partial charge in [0, 0.05) is 13.7 Å². The lowest BCUT2D eigenvalue weighted by Crippen LogP contribution is -2.20. The van der Waals surface area contributed by atoms with Crippen molar-refractivity contribution in [3.8, 4) is 5.88 Å². The first-order chi connectivity index (χ1) is 9.49. The van der Waals surface area contributed by atoms with Crippen LogP contribution in [0.25, 0.3) is 0 Å². The van der Waals surface area contributed by atoms with E-state index in [1.54, 1.807) is 13.8 Å². The molecule has 0 fully saturated rings. The minimum atomic E-state index is -0.534. The van der Waals surface area contributed by atoms with Crippen LogP contribution in [-0.2, 0) is 4.74 Å². The zero-order valence-corrected chi connectivity index (χ0v) is 12.2. The molecular formula is C12H20N4O4. The first kappa shape index (κ1) is 16.1. The fourth-order valence-corrected chi connectivity index (χ4v) is 1.61. The van der Waals surface area contributed by atoms with Gasteiger partial charge in [0.05, 0.1) is 11.5 Å². The van der Waals surface area contributed by atoms with Gasteiger partial charge in [0.25, 0.3) is 5.88 Å². The second-order valence-corrected chi connectivity index (χ2v) is 4.35. The number of hydrogen-bond acceptors (Lipinski definition) is 7. The molecule has 1 aromatic heterocycles. The summed E-state index contributed by atoms with van der Waals surface area (Å²) in [4.78, 5) is 18.7. The van der Waals surface area contributed by atoms with Crippen molar-refractivity contribution in [2.45, 2.75) is 33.3 Å². The Morgan fingerprint density at radius 3 is 2.70 bits per heavy atom. The number of nitrogens with one attached hydrogen (secondary N) is 1. The lowest BCUT2D eigenvalue weighted by molar-refractivity contribution is -0.387. The minimum absolute atomic E-state index is 0.0364. The fraction of sp³-hybridized carbons (Fsp3) is 0.667. The lowest BCUT2D eigenvalue weighted by atomic mass is 10.3. The number of anilines is 1. The minimum Gasteiger partial charge on any atom is -0.467 e. The molecule has 0 amide bonds. The van der Waals surface area contributed by atoms with Crippen LogP contribution in [-0.4, -0.2) is 41.3 Å². The average Bonchev–Trinajstić information content (AvgIpc) is 2.35. The van der Waals surface area contributed by atoms with E-state index < -0.39 is 4.92 Å². The van der Waals surface area contributed by atoms with E-state index in [-0.39, 0.29) is 23.4 Å². The van der Waals surface area contributed by atoms with Crippen molar-refractivity contribution in [1.29, 1.82) is 0 Å². The second kappa shape index (κ2) is 7.59. The first-order valence-electron chi connectivity index (χ1n) is 6.42. The molecule has 0 saturated heterocycles. The lowest BCUT2D eigenvalue weighted by Gasteiger charge is -2.14. The van der Waals surface area contributed by atoms with E-state index in [0.29, 0.717) is 19.1 Å². The Balaban J connectivity index is 3.08. The van der Waals surface area contributed by atoms with Gasteiger partial charge in [-0.15, -0.1) is 0 Å². The highest BCUT2D eigenvalue weighted by Crippen LogP contribution is 2.29. The first-order valence-corrected chi connectivity index (χ1v) is 6.42. The summed E-state index contributed by atoms with van der Waals surface area (Å²) < 4.78 is 10.4. The van der Waals surface area contributed by atoms with Crippen LogP contribution < -0.4 is 10.1 Å². The van der Waals surface area contributed by atoms with Crippen LogP contribution in [0, 0.1) is 17.0 Å². The van der Waals surface area contributed by atoms with Crippen molar-refractivity contribution in [1.82, 2.24) is 9.97 Å². The van der Waals surface area contributed by atoms with Crippen LogP contribution in [0.4, 0.5) is 11.6 Å². The average molecular weight is 284 g/mol. The Morgan fingerprint density at radius 1 is 1.45 bits per heavy atom. The summed E-state index contributed by atoms with van der Waals surface area (Å²) >= 11 is 0. The number of hydrogen-bond donors (Lipinski definition) is 1. The maximum Gasteiger partial charge on any atom is 0.352 e. The van der Waals surface area contributed by atoms with Crippen LogP contribution in [0.5, 0.6) is 5.88 Å². The van der Waals surface area contributed by atoms with Gasteiger partial charge in [-0.25, -0.2) is 4.98 Å². The maximum absolute atomic E-state index is 11.1. The number of methoxy groups -OCH3 is 1. The summed E-state index contributed by atoms with van der Waals surface area (Å²) in [6, 6.07) is 0. The van der Waals surface area contributed by atoms with Gasteiger partial charge in [-0.1, -0.05) is 6.92 Å². The van der Waals surface area contributed by atoms with Gasteiger partial charge in [0.2, 0.25) is 5.95 Å². The monoisotopic (exact) mass is 284 g/mol. The van der Waals surface area contributed by atoms with E-state index in [4.69, 9.17) is 9.47 Å². The highest BCUT2D eigenvalue weighted by atomic mass is 16.6. The molecule has 8 nitrogen and oxygen atoms in total. The van der Waals surface area contributed by atoms with E-state index >= 15 is 0 Å². The van der Waals surface area contributed by atoms with E-state index in [9.17, 15) is 10.1 Å². The molecule has 8 heteroatoms. The third kappa shape index (κ3) is 4.30. The smallest absolute Gasteiger partial charge is 0.352 e. The predicted octanol–water partition coefficient (Wildman–Crippen LogP) is 1.93. The summed E-state index contributed by atoms with van der Waals surface area (Å²) in [6.07, 6.45) is 0.558. The highest BCUT2D eigenvalue weighted by Gasteiger charge is 2.25. The largest absolute Gasteiger partial charge is 0.467 e. The number of nitrogens with zero attached hydrogens (tertiary/aromatic N) is 3. The molecule has 20 heavy (non-hydrogen) atoms. The number of rotatable bonds is 8. The molecule has 0 aromatic carbocycles. The summed E-state index contributed by atoms with van der Waals surface area (Å²) in [6.45, 7) is 6.32. The van der Waals surface area contributed by atoms with Gasteiger partial charge >= 0.3 is 5.69 Å². The van der Waals surface area contributed by atoms with Gasteiger partial charge < -0.3 is 14.8 Å². The SMILES string of the molecule is CCCNc1nc(C)c([N+](=O)[O-])c(OC(C)COC)n1. The number of aromatic nitrogens is 2. The Bertz CT molecular complexity index is 467. The molecule has 0 aliphatic carbocycles. The zero-order chi connectivity index (χ0) is 15.1. The molecule has 0 radical (unpaired) electrons. The Morgan fingerprint density at radius 2 is 2.15 bits per heavy atom. The number of ether oxygens (including phenoxy) is 2. The van der Waals surface area contributed by atoms with Gasteiger partial charge in [-0.2, -0.15) is 4.98 Å². The summed E-state index contributed by atoms with van der Waals surface area (Å²) in [7, 11) is 1.54. The van der Waals surface area contributed by atoms with E-state index in [0.717, 1.165) is 6.42 Å². The Kier molecular flexibility index (Phi) is 6.10. The van der Waals surface area contributed by atoms with E-state index in [1.165, 1.54) is 7.11 Å². The molecule has 1 heterocycles. The van der Waals surface area contributed by atoms with Crippen molar-refractivity contribution >= 4 is 11.6 Å². The van der Waals surface area contributed by atoms with Crippen molar-refractivity contribution in [2.24, 2.45) is 0 Å². The molecule has 0 aliphatic heterocycles. The number of aryl methyl sites for hydroxylation is 1. The van der Waals surface area contributed by atoms with Crippen molar-refractivity contribution in [2.75, 3.05) is 25.6 Å². The van der Waals surface area contributed by atoms with Gasteiger partial charge in [0.1, 0.15) is 11.8 Å². The van der Waals surface area contributed by atoms with Gasteiger partial charge in [-0.3, -0.25) is 10.1 Å². The van der Waals surface area contributed by atoms with E-state index in [1.807, 2.05) is 6.92 Å². The molecule has 1 N–H and O–H groups in total. The van der Waals surface area contributed by atoms with Gasteiger partial charge in [0.15, 0.2) is 0 Å². The molecule has 1 unspecified atom stereocenters. The molecule has 1 aromatic rings. The summed E-state index contributed by atoms with van der Waals surface area (Å²) in [5.74, 6) is 0.292.